The molecule has 1 aliphatic heterocycles. The van der Waals surface area contributed by atoms with Crippen molar-refractivity contribution >= 4 is 21.6 Å². The van der Waals surface area contributed by atoms with E-state index in [2.05, 4.69) is 24.1 Å². The predicted octanol–water partition coefficient (Wildman–Crippen LogP) is 3.58. The first kappa shape index (κ1) is 24.4. The second-order valence-corrected chi connectivity index (χ2v) is 10.2. The third-order valence-corrected chi connectivity index (χ3v) is 7.64. The first-order valence-corrected chi connectivity index (χ1v) is 12.5. The summed E-state index contributed by atoms with van der Waals surface area (Å²) >= 11 is 0. The van der Waals surface area contributed by atoms with Crippen LogP contribution in [0, 0.1) is 0 Å². The average Bonchev–Trinajstić information content (AvgIpc) is 2.74. The van der Waals surface area contributed by atoms with Crippen LogP contribution in [0.1, 0.15) is 43.6 Å². The van der Waals surface area contributed by atoms with Gasteiger partial charge in [-0.1, -0.05) is 26.0 Å². The molecule has 1 N–H and O–H groups in total. The van der Waals surface area contributed by atoms with Crippen LogP contribution in [0.15, 0.2) is 53.4 Å². The Hall–Kier alpha value is -2.26. The molecular weight excluding hydrogens is 426 g/mol. The molecule has 0 saturated carbocycles. The van der Waals surface area contributed by atoms with Crippen molar-refractivity contribution in [1.29, 1.82) is 0 Å². The number of benzene rings is 2. The summed E-state index contributed by atoms with van der Waals surface area (Å²) in [6.07, 6.45) is 0.439. The topological polar surface area (TPSA) is 79.0 Å². The minimum atomic E-state index is -3.51. The van der Waals surface area contributed by atoms with Crippen molar-refractivity contribution in [2.24, 2.45) is 0 Å². The zero-order valence-electron chi connectivity index (χ0n) is 19.2. The molecule has 1 heterocycles. The van der Waals surface area contributed by atoms with E-state index in [-0.39, 0.29) is 23.0 Å². The molecular formula is C24H33N3O4S. The summed E-state index contributed by atoms with van der Waals surface area (Å²) in [7, 11) is -3.51. The van der Waals surface area contributed by atoms with Gasteiger partial charge in [-0.2, -0.15) is 4.31 Å². The van der Waals surface area contributed by atoms with Crippen LogP contribution in [0.3, 0.4) is 0 Å². The summed E-state index contributed by atoms with van der Waals surface area (Å²) in [6, 6.07) is 13.9. The van der Waals surface area contributed by atoms with Gasteiger partial charge in [-0.25, -0.2) is 8.42 Å². The van der Waals surface area contributed by atoms with Gasteiger partial charge < -0.3 is 10.1 Å². The summed E-state index contributed by atoms with van der Waals surface area (Å²) in [5.74, 6) is -0.232. The van der Waals surface area contributed by atoms with Crippen LogP contribution >= 0.6 is 0 Å². The lowest BCUT2D eigenvalue weighted by atomic mass is 10.1. The zero-order valence-corrected chi connectivity index (χ0v) is 20.1. The highest BCUT2D eigenvalue weighted by Crippen LogP contribution is 2.19. The minimum absolute atomic E-state index is 0.218. The Morgan fingerprint density at radius 1 is 1.00 bits per heavy atom. The van der Waals surface area contributed by atoms with Crippen molar-refractivity contribution in [3.63, 3.8) is 0 Å². The van der Waals surface area contributed by atoms with E-state index < -0.39 is 10.0 Å². The molecule has 2 aromatic rings. The van der Waals surface area contributed by atoms with E-state index >= 15 is 0 Å². The number of nitrogens with zero attached hydrogens (tertiary/aromatic N) is 2. The van der Waals surface area contributed by atoms with Crippen molar-refractivity contribution in [2.75, 3.05) is 31.5 Å². The van der Waals surface area contributed by atoms with E-state index in [9.17, 15) is 13.2 Å². The lowest BCUT2D eigenvalue weighted by Crippen LogP contribution is -2.44. The van der Waals surface area contributed by atoms with Crippen molar-refractivity contribution in [3.8, 4) is 0 Å². The number of carbonyl (C=O) groups excluding carboxylic acids is 1. The van der Waals surface area contributed by atoms with E-state index in [0.29, 0.717) is 24.3 Å². The number of amides is 1. The molecule has 2 atom stereocenters. The molecule has 1 fully saturated rings. The third kappa shape index (κ3) is 5.95. The third-order valence-electron chi connectivity index (χ3n) is 5.57. The van der Waals surface area contributed by atoms with Crippen LogP contribution in [-0.2, 0) is 21.3 Å². The van der Waals surface area contributed by atoms with E-state index in [1.54, 1.807) is 12.1 Å². The molecule has 174 valence electrons. The molecule has 1 saturated heterocycles. The number of hydrogen-bond acceptors (Lipinski definition) is 5. The molecule has 0 aromatic heterocycles. The number of ether oxygens (including phenoxy) is 1. The van der Waals surface area contributed by atoms with Crippen molar-refractivity contribution in [2.45, 2.75) is 51.3 Å². The molecule has 32 heavy (non-hydrogen) atoms. The van der Waals surface area contributed by atoms with Gasteiger partial charge in [-0.3, -0.25) is 9.69 Å². The first-order chi connectivity index (χ1) is 15.2. The zero-order chi connectivity index (χ0) is 23.3. The number of nitrogens with one attached hydrogen (secondary N) is 1. The maximum Gasteiger partial charge on any atom is 0.255 e. The van der Waals surface area contributed by atoms with Gasteiger partial charge in [0, 0.05) is 44.0 Å². The summed E-state index contributed by atoms with van der Waals surface area (Å²) in [5.41, 5.74) is 2.25. The van der Waals surface area contributed by atoms with Crippen molar-refractivity contribution in [3.05, 3.63) is 59.7 Å². The number of hydrogen-bond donors (Lipinski definition) is 1. The number of sulfonamides is 1. The molecule has 2 aromatic carbocycles. The fourth-order valence-corrected chi connectivity index (χ4v) is 5.52. The average molecular weight is 460 g/mol. The van der Waals surface area contributed by atoms with Gasteiger partial charge in [0.25, 0.3) is 5.91 Å². The number of rotatable bonds is 8. The number of anilines is 1. The fourth-order valence-electron chi connectivity index (χ4n) is 4.06. The second kappa shape index (κ2) is 10.6. The SMILES string of the molecule is CCN(CC)S(=O)(=O)c1ccc(NC(=O)c2ccc(CN3CC(C)OC(C)C3)cc2)cc1. The van der Waals surface area contributed by atoms with Gasteiger partial charge in [0.2, 0.25) is 10.0 Å². The molecule has 0 bridgehead atoms. The quantitative estimate of drug-likeness (QED) is 0.653. The largest absolute Gasteiger partial charge is 0.373 e. The smallest absolute Gasteiger partial charge is 0.255 e. The van der Waals surface area contributed by atoms with Crippen LogP contribution in [0.25, 0.3) is 0 Å². The first-order valence-electron chi connectivity index (χ1n) is 11.1. The Bertz CT molecular complexity index is 993. The molecule has 8 heteroatoms. The monoisotopic (exact) mass is 459 g/mol. The van der Waals surface area contributed by atoms with Crippen molar-refractivity contribution in [1.82, 2.24) is 9.21 Å². The van der Waals surface area contributed by atoms with Gasteiger partial charge in [0.15, 0.2) is 0 Å². The van der Waals surface area contributed by atoms with E-state index in [1.807, 2.05) is 38.1 Å². The van der Waals surface area contributed by atoms with Crippen LogP contribution in [0.4, 0.5) is 5.69 Å². The molecule has 1 aliphatic rings. The van der Waals surface area contributed by atoms with Gasteiger partial charge in [-0.05, 0) is 55.8 Å². The molecule has 2 unspecified atom stereocenters. The number of carbonyl (C=O) groups is 1. The highest BCUT2D eigenvalue weighted by molar-refractivity contribution is 7.89. The molecule has 7 nitrogen and oxygen atoms in total. The van der Waals surface area contributed by atoms with Gasteiger partial charge in [-0.15, -0.1) is 0 Å². The Morgan fingerprint density at radius 2 is 1.56 bits per heavy atom. The van der Waals surface area contributed by atoms with Crippen LogP contribution in [0.2, 0.25) is 0 Å². The maximum absolute atomic E-state index is 12.6. The van der Waals surface area contributed by atoms with E-state index in [0.717, 1.165) is 25.2 Å². The predicted molar refractivity (Wildman–Crippen MR) is 126 cm³/mol. The van der Waals surface area contributed by atoms with Gasteiger partial charge in [0.1, 0.15) is 0 Å². The van der Waals surface area contributed by atoms with E-state index in [1.165, 1.54) is 16.4 Å². The van der Waals surface area contributed by atoms with Gasteiger partial charge in [0.05, 0.1) is 17.1 Å². The fraction of sp³-hybridized carbons (Fsp3) is 0.458. The van der Waals surface area contributed by atoms with Crippen LogP contribution < -0.4 is 5.32 Å². The lowest BCUT2D eigenvalue weighted by molar-refractivity contribution is -0.0704. The normalized spacial score (nSPS) is 19.8. The van der Waals surface area contributed by atoms with Gasteiger partial charge >= 0.3 is 0 Å². The Balaban J connectivity index is 1.61. The highest BCUT2D eigenvalue weighted by atomic mass is 32.2. The highest BCUT2D eigenvalue weighted by Gasteiger charge is 2.23. The molecule has 0 aliphatic carbocycles. The Labute approximate surface area is 191 Å². The summed E-state index contributed by atoms with van der Waals surface area (Å²) in [6.45, 7) is 11.2. The Morgan fingerprint density at radius 3 is 2.09 bits per heavy atom. The van der Waals surface area contributed by atoms with Crippen molar-refractivity contribution < 1.29 is 17.9 Å². The van der Waals surface area contributed by atoms with Crippen LogP contribution in [0.5, 0.6) is 0 Å². The molecule has 0 spiro atoms. The standard InChI is InChI=1S/C24H33N3O4S/c1-5-27(6-2)32(29,30)23-13-11-22(12-14-23)25-24(28)21-9-7-20(8-10-21)17-26-15-18(3)31-19(4)16-26/h7-14,18-19H,5-6,15-17H2,1-4H3,(H,25,28). The van der Waals surface area contributed by atoms with Crippen LogP contribution in [-0.4, -0.2) is 61.9 Å². The second-order valence-electron chi connectivity index (χ2n) is 8.22. The summed E-state index contributed by atoms with van der Waals surface area (Å²) < 4.78 is 32.4. The van der Waals surface area contributed by atoms with E-state index in [4.69, 9.17) is 4.74 Å². The molecule has 1 amide bonds. The molecule has 0 radical (unpaired) electrons. The maximum atomic E-state index is 12.6. The molecule has 3 rings (SSSR count). The Kier molecular flexibility index (Phi) is 8.05. The number of morpholine rings is 1. The minimum Gasteiger partial charge on any atom is -0.373 e. The lowest BCUT2D eigenvalue weighted by Gasteiger charge is -2.35. The summed E-state index contributed by atoms with van der Waals surface area (Å²) in [4.78, 5) is 15.2. The summed E-state index contributed by atoms with van der Waals surface area (Å²) in [5, 5.41) is 2.83.